The molecule has 3 rings (SSSR count). The third kappa shape index (κ3) is 4.45. The summed E-state index contributed by atoms with van der Waals surface area (Å²) in [5, 5.41) is 2.96. The van der Waals surface area contributed by atoms with Crippen LogP contribution in [-0.2, 0) is 16.1 Å². The van der Waals surface area contributed by atoms with Gasteiger partial charge in [0.15, 0.2) is 0 Å². The average molecular weight is 385 g/mol. The predicted molar refractivity (Wildman–Crippen MR) is 108 cm³/mol. The van der Waals surface area contributed by atoms with E-state index in [1.807, 2.05) is 60.9 Å². The molecule has 0 aliphatic carbocycles. The number of hydrogen-bond donors (Lipinski definition) is 1. The molecular weight excluding hydrogens is 360 g/mol. The Kier molecular flexibility index (Phi) is 6.06. The van der Waals surface area contributed by atoms with Crippen LogP contribution in [0.3, 0.4) is 0 Å². The van der Waals surface area contributed by atoms with Crippen LogP contribution in [0.5, 0.6) is 0 Å². The van der Waals surface area contributed by atoms with Gasteiger partial charge in [0, 0.05) is 17.1 Å². The van der Waals surface area contributed by atoms with Crippen LogP contribution in [0.2, 0.25) is 0 Å². The molecule has 2 aromatic carbocycles. The van der Waals surface area contributed by atoms with Gasteiger partial charge in [-0.1, -0.05) is 36.4 Å². The van der Waals surface area contributed by atoms with E-state index in [4.69, 9.17) is 4.74 Å². The highest BCUT2D eigenvalue weighted by Crippen LogP contribution is 2.31. The van der Waals surface area contributed by atoms with E-state index >= 15 is 0 Å². The van der Waals surface area contributed by atoms with Crippen molar-refractivity contribution in [1.82, 2.24) is 4.90 Å². The first kappa shape index (κ1) is 19.3. The van der Waals surface area contributed by atoms with Crippen molar-refractivity contribution in [3.05, 3.63) is 60.2 Å². The minimum Gasteiger partial charge on any atom is -0.445 e. The molecule has 6 heteroatoms. The minimum absolute atomic E-state index is 0.185. The molecule has 1 fully saturated rings. The number of carbonyl (C=O) groups is 2. The Labute approximate surface area is 164 Å². The molecule has 1 aliphatic heterocycles. The number of hydrogen-bond acceptors (Lipinski definition) is 4. The molecule has 0 saturated carbocycles. The van der Waals surface area contributed by atoms with Gasteiger partial charge < -0.3 is 10.1 Å². The number of benzene rings is 2. The lowest BCUT2D eigenvalue weighted by atomic mass is 9.98. The predicted octanol–water partition coefficient (Wildman–Crippen LogP) is 4.54. The average Bonchev–Trinajstić information content (AvgIpc) is 3.10. The Morgan fingerprint density at radius 3 is 2.70 bits per heavy atom. The molecule has 5 nitrogen and oxygen atoms in total. The van der Waals surface area contributed by atoms with E-state index in [0.29, 0.717) is 13.0 Å². The summed E-state index contributed by atoms with van der Waals surface area (Å²) >= 11 is 1.62. The van der Waals surface area contributed by atoms with Gasteiger partial charge in [0.25, 0.3) is 0 Å². The third-order valence-corrected chi connectivity index (χ3v) is 5.61. The smallest absolute Gasteiger partial charge is 0.410 e. The number of ether oxygens (including phenoxy) is 1. The normalized spacial score (nSPS) is 19.0. The quantitative estimate of drug-likeness (QED) is 0.769. The molecule has 1 atom stereocenters. The van der Waals surface area contributed by atoms with Crippen LogP contribution in [0.1, 0.15) is 25.3 Å². The summed E-state index contributed by atoms with van der Waals surface area (Å²) in [6.45, 7) is 2.52. The topological polar surface area (TPSA) is 58.6 Å². The highest BCUT2D eigenvalue weighted by molar-refractivity contribution is 7.98. The molecule has 1 N–H and O–H groups in total. The van der Waals surface area contributed by atoms with E-state index in [1.54, 1.807) is 23.6 Å². The van der Waals surface area contributed by atoms with Crippen LogP contribution >= 0.6 is 11.8 Å². The van der Waals surface area contributed by atoms with Gasteiger partial charge in [-0.15, -0.1) is 11.8 Å². The molecule has 1 unspecified atom stereocenters. The van der Waals surface area contributed by atoms with Crippen molar-refractivity contribution in [2.24, 2.45) is 0 Å². The van der Waals surface area contributed by atoms with Crippen LogP contribution in [0, 0.1) is 0 Å². The molecule has 1 aliphatic rings. The van der Waals surface area contributed by atoms with E-state index in [2.05, 4.69) is 5.32 Å². The Hall–Kier alpha value is -2.47. The number of thioether (sulfide) groups is 1. The van der Waals surface area contributed by atoms with Crippen molar-refractivity contribution < 1.29 is 14.3 Å². The van der Waals surface area contributed by atoms with E-state index in [-0.39, 0.29) is 12.5 Å². The zero-order valence-corrected chi connectivity index (χ0v) is 16.4. The lowest BCUT2D eigenvalue weighted by Crippen LogP contribution is -2.53. The summed E-state index contributed by atoms with van der Waals surface area (Å²) in [6, 6.07) is 17.2. The molecule has 0 bridgehead atoms. The number of nitrogens with one attached hydrogen (secondary N) is 1. The second-order valence-corrected chi connectivity index (χ2v) is 7.63. The summed E-state index contributed by atoms with van der Waals surface area (Å²) in [5.41, 5.74) is 0.742. The SMILES string of the molecule is CSc1cccc(NC(=O)C2(C)CCCN2C(=O)OCc2ccccc2)c1. The molecule has 142 valence electrons. The van der Waals surface area contributed by atoms with Crippen molar-refractivity contribution in [1.29, 1.82) is 0 Å². The Morgan fingerprint density at radius 2 is 1.96 bits per heavy atom. The van der Waals surface area contributed by atoms with Crippen LogP contribution in [0.25, 0.3) is 0 Å². The molecule has 0 spiro atoms. The maximum absolute atomic E-state index is 13.0. The Balaban J connectivity index is 1.67. The van der Waals surface area contributed by atoms with Gasteiger partial charge in [-0.2, -0.15) is 0 Å². The molecule has 1 saturated heterocycles. The summed E-state index contributed by atoms with van der Waals surface area (Å²) in [7, 11) is 0. The van der Waals surface area contributed by atoms with Crippen molar-refractivity contribution in [3.8, 4) is 0 Å². The second-order valence-electron chi connectivity index (χ2n) is 6.76. The number of likely N-dealkylation sites (tertiary alicyclic amines) is 1. The minimum atomic E-state index is -0.914. The van der Waals surface area contributed by atoms with Gasteiger partial charge in [0.2, 0.25) is 5.91 Å². The van der Waals surface area contributed by atoms with E-state index in [1.165, 1.54) is 0 Å². The fraction of sp³-hybridized carbons (Fsp3) is 0.333. The Morgan fingerprint density at radius 1 is 1.19 bits per heavy atom. The largest absolute Gasteiger partial charge is 0.445 e. The fourth-order valence-corrected chi connectivity index (χ4v) is 3.72. The van der Waals surface area contributed by atoms with Gasteiger partial charge in [0.05, 0.1) is 0 Å². The molecule has 0 radical (unpaired) electrons. The monoisotopic (exact) mass is 384 g/mol. The number of rotatable bonds is 5. The van der Waals surface area contributed by atoms with Crippen LogP contribution in [-0.4, -0.2) is 35.2 Å². The van der Waals surface area contributed by atoms with Crippen LogP contribution in [0.4, 0.5) is 10.5 Å². The number of amides is 2. The van der Waals surface area contributed by atoms with Crippen LogP contribution in [0.15, 0.2) is 59.5 Å². The molecule has 2 aromatic rings. The second kappa shape index (κ2) is 8.48. The number of anilines is 1. The van der Waals surface area contributed by atoms with Gasteiger partial charge in [0.1, 0.15) is 12.1 Å². The van der Waals surface area contributed by atoms with Gasteiger partial charge in [-0.05, 0) is 49.8 Å². The molecule has 27 heavy (non-hydrogen) atoms. The molecule has 2 amide bonds. The van der Waals surface area contributed by atoms with Gasteiger partial charge in [-0.3, -0.25) is 9.69 Å². The maximum Gasteiger partial charge on any atom is 0.410 e. The van der Waals surface area contributed by atoms with E-state index < -0.39 is 11.6 Å². The maximum atomic E-state index is 13.0. The molecule has 0 aromatic heterocycles. The number of nitrogens with zero attached hydrogens (tertiary/aromatic N) is 1. The Bertz CT molecular complexity index is 812. The first-order valence-electron chi connectivity index (χ1n) is 8.97. The lowest BCUT2D eigenvalue weighted by molar-refractivity contribution is -0.125. The summed E-state index contributed by atoms with van der Waals surface area (Å²) in [5.74, 6) is -0.185. The highest BCUT2D eigenvalue weighted by Gasteiger charge is 2.46. The standard InChI is InChI=1S/C21H24N2O3S/c1-21(19(24)22-17-10-6-11-18(14-17)27-2)12-7-13-23(21)20(25)26-15-16-8-4-3-5-9-16/h3-6,8-11,14H,7,12-13,15H2,1-2H3,(H,22,24). The zero-order chi connectivity index (χ0) is 19.3. The first-order chi connectivity index (χ1) is 13.0. The van der Waals surface area contributed by atoms with Crippen LogP contribution < -0.4 is 5.32 Å². The molecule has 1 heterocycles. The molecular formula is C21H24N2O3S. The summed E-state index contributed by atoms with van der Waals surface area (Å²) < 4.78 is 5.45. The highest BCUT2D eigenvalue weighted by atomic mass is 32.2. The lowest BCUT2D eigenvalue weighted by Gasteiger charge is -2.33. The third-order valence-electron chi connectivity index (χ3n) is 4.88. The van der Waals surface area contributed by atoms with Gasteiger partial charge >= 0.3 is 6.09 Å². The summed E-state index contributed by atoms with van der Waals surface area (Å²) in [4.78, 5) is 28.2. The first-order valence-corrected chi connectivity index (χ1v) is 10.2. The zero-order valence-electron chi connectivity index (χ0n) is 15.6. The number of carbonyl (C=O) groups excluding carboxylic acids is 2. The summed E-state index contributed by atoms with van der Waals surface area (Å²) in [6.07, 6.45) is 2.92. The van der Waals surface area contributed by atoms with E-state index in [9.17, 15) is 9.59 Å². The van der Waals surface area contributed by atoms with Gasteiger partial charge in [-0.25, -0.2) is 4.79 Å². The van der Waals surface area contributed by atoms with Crippen molar-refractivity contribution >= 4 is 29.4 Å². The van der Waals surface area contributed by atoms with Crippen molar-refractivity contribution in [3.63, 3.8) is 0 Å². The van der Waals surface area contributed by atoms with Crippen molar-refractivity contribution in [2.75, 3.05) is 18.1 Å². The van der Waals surface area contributed by atoms with E-state index in [0.717, 1.165) is 22.6 Å². The fourth-order valence-electron chi connectivity index (χ4n) is 3.26. The van der Waals surface area contributed by atoms with Crippen molar-refractivity contribution in [2.45, 2.75) is 36.8 Å².